The Morgan fingerprint density at radius 2 is 1.86 bits per heavy atom. The molecule has 0 saturated heterocycles. The number of amides is 1. The van der Waals surface area contributed by atoms with E-state index in [0.717, 1.165) is 16.5 Å². The SMILES string of the molecule is Cc1nc2ccccc2c(C)c1C(=O)OCC(=O)N(C)C. The number of rotatable bonds is 3. The van der Waals surface area contributed by atoms with Crippen LogP contribution < -0.4 is 0 Å². The maximum absolute atomic E-state index is 12.2. The Hall–Kier alpha value is -2.43. The second kappa shape index (κ2) is 5.91. The van der Waals surface area contributed by atoms with Crippen LogP contribution in [0.25, 0.3) is 10.9 Å². The molecule has 1 amide bonds. The summed E-state index contributed by atoms with van der Waals surface area (Å²) in [4.78, 5) is 29.5. The van der Waals surface area contributed by atoms with Crippen LogP contribution in [0, 0.1) is 13.8 Å². The molecule has 0 atom stereocenters. The number of carbonyl (C=O) groups is 2. The predicted molar refractivity (Wildman–Crippen MR) is 80.2 cm³/mol. The molecule has 2 aromatic rings. The lowest BCUT2D eigenvalue weighted by atomic mass is 10.0. The first kappa shape index (κ1) is 15.0. The Bertz CT molecular complexity index is 708. The van der Waals surface area contributed by atoms with Crippen LogP contribution in [0.4, 0.5) is 0 Å². The van der Waals surface area contributed by atoms with Crippen LogP contribution in [0.15, 0.2) is 24.3 Å². The van der Waals surface area contributed by atoms with Gasteiger partial charge in [0.05, 0.1) is 16.8 Å². The zero-order chi connectivity index (χ0) is 15.6. The number of ether oxygens (including phenoxy) is 1. The number of carbonyl (C=O) groups excluding carboxylic acids is 2. The fourth-order valence-electron chi connectivity index (χ4n) is 2.16. The number of benzene rings is 1. The number of aromatic nitrogens is 1. The van der Waals surface area contributed by atoms with Crippen LogP contribution in [-0.2, 0) is 9.53 Å². The molecule has 5 nitrogen and oxygen atoms in total. The lowest BCUT2D eigenvalue weighted by molar-refractivity contribution is -0.131. The number of aryl methyl sites for hydroxylation is 2. The van der Waals surface area contributed by atoms with Gasteiger partial charge in [0.25, 0.3) is 5.91 Å². The summed E-state index contributed by atoms with van der Waals surface area (Å²) in [6.07, 6.45) is 0. The Kier molecular flexibility index (Phi) is 4.21. The molecule has 5 heteroatoms. The summed E-state index contributed by atoms with van der Waals surface area (Å²) in [5.74, 6) is -0.772. The van der Waals surface area contributed by atoms with Gasteiger partial charge in [-0.2, -0.15) is 0 Å². The Morgan fingerprint density at radius 1 is 1.19 bits per heavy atom. The minimum atomic E-state index is -0.515. The van der Waals surface area contributed by atoms with Gasteiger partial charge in [0.15, 0.2) is 6.61 Å². The van der Waals surface area contributed by atoms with E-state index in [9.17, 15) is 9.59 Å². The highest BCUT2D eigenvalue weighted by atomic mass is 16.5. The van der Waals surface area contributed by atoms with Gasteiger partial charge in [-0.25, -0.2) is 4.79 Å². The van der Waals surface area contributed by atoms with Crippen molar-refractivity contribution < 1.29 is 14.3 Å². The zero-order valence-electron chi connectivity index (χ0n) is 12.6. The standard InChI is InChI=1S/C16H18N2O3/c1-10-12-7-5-6-8-13(12)17-11(2)15(10)16(20)21-9-14(19)18(3)4/h5-8H,9H2,1-4H3. The maximum atomic E-state index is 12.2. The van der Waals surface area contributed by atoms with E-state index in [1.807, 2.05) is 31.2 Å². The van der Waals surface area contributed by atoms with Crippen molar-refractivity contribution >= 4 is 22.8 Å². The molecular formula is C16H18N2O3. The molecule has 0 radical (unpaired) electrons. The third-order valence-electron chi connectivity index (χ3n) is 3.36. The van der Waals surface area contributed by atoms with Gasteiger partial charge in [-0.3, -0.25) is 9.78 Å². The van der Waals surface area contributed by atoms with Crippen molar-refractivity contribution in [3.05, 3.63) is 41.1 Å². The number of nitrogens with zero attached hydrogens (tertiary/aromatic N) is 2. The number of hydrogen-bond acceptors (Lipinski definition) is 4. The lowest BCUT2D eigenvalue weighted by Crippen LogP contribution is -2.28. The molecular weight excluding hydrogens is 268 g/mol. The summed E-state index contributed by atoms with van der Waals surface area (Å²) in [5.41, 5.74) is 2.70. The predicted octanol–water partition coefficient (Wildman–Crippen LogP) is 2.10. The smallest absolute Gasteiger partial charge is 0.340 e. The van der Waals surface area contributed by atoms with Crippen LogP contribution in [-0.4, -0.2) is 42.5 Å². The van der Waals surface area contributed by atoms with E-state index in [-0.39, 0.29) is 12.5 Å². The molecule has 0 spiro atoms. The summed E-state index contributed by atoms with van der Waals surface area (Å²) < 4.78 is 5.09. The lowest BCUT2D eigenvalue weighted by Gasteiger charge is -2.13. The topological polar surface area (TPSA) is 59.5 Å². The molecule has 0 fully saturated rings. The normalized spacial score (nSPS) is 10.5. The molecule has 0 saturated carbocycles. The van der Waals surface area contributed by atoms with Crippen molar-refractivity contribution in [2.75, 3.05) is 20.7 Å². The van der Waals surface area contributed by atoms with Gasteiger partial charge in [0, 0.05) is 19.5 Å². The zero-order valence-corrected chi connectivity index (χ0v) is 12.6. The number of para-hydroxylation sites is 1. The summed E-state index contributed by atoms with van der Waals surface area (Å²) >= 11 is 0. The molecule has 2 rings (SSSR count). The largest absolute Gasteiger partial charge is 0.452 e. The van der Waals surface area contributed by atoms with E-state index in [2.05, 4.69) is 4.98 Å². The van der Waals surface area contributed by atoms with E-state index < -0.39 is 5.97 Å². The molecule has 21 heavy (non-hydrogen) atoms. The first-order valence-electron chi connectivity index (χ1n) is 6.65. The number of pyridine rings is 1. The average Bonchev–Trinajstić information content (AvgIpc) is 2.44. The first-order chi connectivity index (χ1) is 9.91. The second-order valence-corrected chi connectivity index (χ2v) is 5.08. The van der Waals surface area contributed by atoms with Crippen molar-refractivity contribution in [2.24, 2.45) is 0 Å². The quantitative estimate of drug-likeness (QED) is 0.811. The Morgan fingerprint density at radius 3 is 2.52 bits per heavy atom. The van der Waals surface area contributed by atoms with E-state index in [0.29, 0.717) is 11.3 Å². The van der Waals surface area contributed by atoms with Crippen LogP contribution in [0.2, 0.25) is 0 Å². The molecule has 1 aromatic carbocycles. The fraction of sp³-hybridized carbons (Fsp3) is 0.312. The Balaban J connectivity index is 2.33. The van der Waals surface area contributed by atoms with Gasteiger partial charge < -0.3 is 9.64 Å². The summed E-state index contributed by atoms with van der Waals surface area (Å²) in [6.45, 7) is 3.36. The van der Waals surface area contributed by atoms with Crippen LogP contribution in [0.3, 0.4) is 0 Å². The third kappa shape index (κ3) is 3.02. The fourth-order valence-corrected chi connectivity index (χ4v) is 2.16. The second-order valence-electron chi connectivity index (χ2n) is 5.08. The maximum Gasteiger partial charge on any atom is 0.340 e. The van der Waals surface area contributed by atoms with Crippen LogP contribution >= 0.6 is 0 Å². The third-order valence-corrected chi connectivity index (χ3v) is 3.36. The van der Waals surface area contributed by atoms with Gasteiger partial charge in [0.2, 0.25) is 0 Å². The van der Waals surface area contributed by atoms with Crippen molar-refractivity contribution in [2.45, 2.75) is 13.8 Å². The van der Waals surface area contributed by atoms with Crippen molar-refractivity contribution in [1.29, 1.82) is 0 Å². The summed E-state index contributed by atoms with van der Waals surface area (Å²) in [5, 5.41) is 0.911. The van der Waals surface area contributed by atoms with Crippen LogP contribution in [0.5, 0.6) is 0 Å². The van der Waals surface area contributed by atoms with Gasteiger partial charge >= 0.3 is 5.97 Å². The van der Waals surface area contributed by atoms with E-state index in [1.165, 1.54) is 4.90 Å². The molecule has 1 aromatic heterocycles. The van der Waals surface area contributed by atoms with Crippen LogP contribution in [0.1, 0.15) is 21.6 Å². The van der Waals surface area contributed by atoms with E-state index >= 15 is 0 Å². The number of hydrogen-bond donors (Lipinski definition) is 0. The summed E-state index contributed by atoms with van der Waals surface area (Å²) in [6, 6.07) is 7.62. The average molecular weight is 286 g/mol. The molecule has 1 heterocycles. The Labute approximate surface area is 123 Å². The van der Waals surface area contributed by atoms with Gasteiger partial charge in [-0.15, -0.1) is 0 Å². The molecule has 0 N–H and O–H groups in total. The molecule has 0 bridgehead atoms. The highest BCUT2D eigenvalue weighted by Gasteiger charge is 2.19. The monoisotopic (exact) mass is 286 g/mol. The van der Waals surface area contributed by atoms with Gasteiger partial charge in [0.1, 0.15) is 0 Å². The number of esters is 1. The van der Waals surface area contributed by atoms with Crippen molar-refractivity contribution in [1.82, 2.24) is 9.88 Å². The van der Waals surface area contributed by atoms with Crippen molar-refractivity contribution in [3.63, 3.8) is 0 Å². The number of fused-ring (bicyclic) bond motifs is 1. The summed E-state index contributed by atoms with van der Waals surface area (Å²) in [7, 11) is 3.23. The highest BCUT2D eigenvalue weighted by Crippen LogP contribution is 2.23. The van der Waals surface area contributed by atoms with Gasteiger partial charge in [-0.05, 0) is 25.5 Å². The molecule has 0 aliphatic heterocycles. The molecule has 0 aliphatic rings. The van der Waals surface area contributed by atoms with Gasteiger partial charge in [-0.1, -0.05) is 18.2 Å². The molecule has 110 valence electrons. The van der Waals surface area contributed by atoms with E-state index in [4.69, 9.17) is 4.74 Å². The highest BCUT2D eigenvalue weighted by molar-refractivity contribution is 5.98. The van der Waals surface area contributed by atoms with E-state index in [1.54, 1.807) is 21.0 Å². The molecule has 0 unspecified atom stereocenters. The molecule has 0 aliphatic carbocycles. The van der Waals surface area contributed by atoms with Crippen molar-refractivity contribution in [3.8, 4) is 0 Å². The number of likely N-dealkylation sites (N-methyl/N-ethyl adjacent to an activating group) is 1. The first-order valence-corrected chi connectivity index (χ1v) is 6.65. The minimum Gasteiger partial charge on any atom is -0.452 e. The minimum absolute atomic E-state index is 0.257.